The lowest BCUT2D eigenvalue weighted by Crippen LogP contribution is -1.99. The molecule has 0 bridgehead atoms. The van der Waals surface area contributed by atoms with E-state index in [0.717, 1.165) is 43.8 Å². The van der Waals surface area contributed by atoms with Crippen molar-refractivity contribution < 1.29 is 0 Å². The Kier molecular flexibility index (Phi) is 5.44. The molecule has 3 nitrogen and oxygen atoms in total. The van der Waals surface area contributed by atoms with Crippen LogP contribution >= 0.6 is 39.1 Å². The largest absolute Gasteiger partial charge is 0.355 e. The van der Waals surface area contributed by atoms with Gasteiger partial charge >= 0.3 is 0 Å². The molecule has 0 saturated carbocycles. The second kappa shape index (κ2) is 8.00. The van der Waals surface area contributed by atoms with E-state index in [9.17, 15) is 0 Å². The fourth-order valence-electron chi connectivity index (χ4n) is 2.95. The number of rotatable bonds is 4. The van der Waals surface area contributed by atoms with Crippen LogP contribution in [0.25, 0.3) is 10.9 Å². The van der Waals surface area contributed by atoms with Crippen molar-refractivity contribution in [2.24, 2.45) is 0 Å². The lowest BCUT2D eigenvalue weighted by Gasteiger charge is -2.15. The van der Waals surface area contributed by atoms with Gasteiger partial charge in [-0.25, -0.2) is 4.98 Å². The number of aromatic nitrogens is 1. The molecule has 0 aliphatic rings. The number of nitrogens with zero attached hydrogens (tertiary/aromatic N) is 1. The molecule has 1 aromatic heterocycles. The number of hydrogen-bond donors (Lipinski definition) is 2. The molecule has 1 heterocycles. The van der Waals surface area contributed by atoms with E-state index >= 15 is 0 Å². The number of hydrogen-bond acceptors (Lipinski definition) is 3. The summed E-state index contributed by atoms with van der Waals surface area (Å²) in [6.07, 6.45) is 0. The van der Waals surface area contributed by atoms with E-state index in [2.05, 4.69) is 39.6 Å². The van der Waals surface area contributed by atoms with Crippen molar-refractivity contribution in [3.8, 4) is 0 Å². The van der Waals surface area contributed by atoms with Gasteiger partial charge in [0.25, 0.3) is 0 Å². The zero-order chi connectivity index (χ0) is 19.7. The van der Waals surface area contributed by atoms with Crippen LogP contribution in [0, 0.1) is 6.92 Å². The van der Waals surface area contributed by atoms with Crippen molar-refractivity contribution in [1.29, 1.82) is 0 Å². The lowest BCUT2D eigenvalue weighted by atomic mass is 10.1. The molecule has 4 rings (SSSR count). The number of fused-ring (bicyclic) bond motifs is 1. The SMILES string of the molecule is Cc1ccccc1Nc1cc(Nc2ccc(Cl)c(Cl)c2)c2cc(Br)ccc2n1. The first-order valence-electron chi connectivity index (χ1n) is 8.64. The van der Waals surface area contributed by atoms with Crippen LogP contribution in [0.4, 0.5) is 22.9 Å². The van der Waals surface area contributed by atoms with Gasteiger partial charge < -0.3 is 10.6 Å². The standard InChI is InChI=1S/C22H16BrCl2N3/c1-13-4-2-3-5-19(13)27-22-12-21(16-10-14(23)6-9-20(16)28-22)26-15-7-8-17(24)18(25)11-15/h2-12H,1H3,(H2,26,27,28). The summed E-state index contributed by atoms with van der Waals surface area (Å²) in [5, 5.41) is 8.88. The van der Waals surface area contributed by atoms with Crippen molar-refractivity contribution in [2.45, 2.75) is 6.92 Å². The number of pyridine rings is 1. The Hall–Kier alpha value is -2.27. The number of aryl methyl sites for hydroxylation is 1. The highest BCUT2D eigenvalue weighted by Crippen LogP contribution is 2.33. The maximum absolute atomic E-state index is 6.18. The third kappa shape index (κ3) is 4.09. The first-order chi connectivity index (χ1) is 13.5. The zero-order valence-corrected chi connectivity index (χ0v) is 18.0. The predicted molar refractivity (Wildman–Crippen MR) is 124 cm³/mol. The summed E-state index contributed by atoms with van der Waals surface area (Å²) in [7, 11) is 0. The van der Waals surface area contributed by atoms with Crippen LogP contribution in [0.3, 0.4) is 0 Å². The third-order valence-electron chi connectivity index (χ3n) is 4.38. The van der Waals surface area contributed by atoms with Gasteiger partial charge in [-0.2, -0.15) is 0 Å². The van der Waals surface area contributed by atoms with Crippen LogP contribution in [0.2, 0.25) is 10.0 Å². The topological polar surface area (TPSA) is 37.0 Å². The highest BCUT2D eigenvalue weighted by atomic mass is 79.9. The number of nitrogens with one attached hydrogen (secondary N) is 2. The van der Waals surface area contributed by atoms with Crippen LogP contribution in [0.15, 0.2) is 71.2 Å². The van der Waals surface area contributed by atoms with Gasteiger partial charge in [-0.3, -0.25) is 0 Å². The van der Waals surface area contributed by atoms with E-state index in [4.69, 9.17) is 28.2 Å². The van der Waals surface area contributed by atoms with Crippen LogP contribution < -0.4 is 10.6 Å². The summed E-state index contributed by atoms with van der Waals surface area (Å²) >= 11 is 15.8. The molecule has 0 radical (unpaired) electrons. The van der Waals surface area contributed by atoms with E-state index in [1.165, 1.54) is 0 Å². The minimum absolute atomic E-state index is 0.504. The minimum atomic E-state index is 0.504. The van der Waals surface area contributed by atoms with E-state index < -0.39 is 0 Å². The Balaban J connectivity index is 1.79. The van der Waals surface area contributed by atoms with Gasteiger partial charge in [-0.05, 0) is 55.0 Å². The van der Waals surface area contributed by atoms with Gasteiger partial charge in [0.15, 0.2) is 0 Å². The summed E-state index contributed by atoms with van der Waals surface area (Å²) in [6.45, 7) is 2.06. The van der Waals surface area contributed by atoms with Crippen LogP contribution in [-0.4, -0.2) is 4.98 Å². The van der Waals surface area contributed by atoms with Crippen LogP contribution in [0.5, 0.6) is 0 Å². The maximum Gasteiger partial charge on any atom is 0.133 e. The van der Waals surface area contributed by atoms with Crippen molar-refractivity contribution in [1.82, 2.24) is 4.98 Å². The molecule has 0 aliphatic heterocycles. The van der Waals surface area contributed by atoms with E-state index in [1.54, 1.807) is 6.07 Å². The molecule has 3 aromatic carbocycles. The summed E-state index contributed by atoms with van der Waals surface area (Å²) in [5.41, 5.74) is 4.82. The van der Waals surface area contributed by atoms with Crippen molar-refractivity contribution in [3.05, 3.63) is 86.8 Å². The molecule has 0 spiro atoms. The molecule has 28 heavy (non-hydrogen) atoms. The molecule has 6 heteroatoms. The first kappa shape index (κ1) is 19.1. The fraction of sp³-hybridized carbons (Fsp3) is 0.0455. The summed E-state index contributed by atoms with van der Waals surface area (Å²) in [5.74, 6) is 0.756. The molecule has 0 amide bonds. The van der Waals surface area contributed by atoms with Gasteiger partial charge in [0.2, 0.25) is 0 Å². The maximum atomic E-state index is 6.18. The molecular weight excluding hydrogens is 457 g/mol. The number of benzene rings is 3. The van der Waals surface area contributed by atoms with E-state index in [0.29, 0.717) is 10.0 Å². The molecule has 0 fully saturated rings. The zero-order valence-electron chi connectivity index (χ0n) is 14.9. The molecular formula is C22H16BrCl2N3. The van der Waals surface area contributed by atoms with Gasteiger partial charge in [0.1, 0.15) is 5.82 Å². The lowest BCUT2D eigenvalue weighted by molar-refractivity contribution is 1.34. The fourth-order valence-corrected chi connectivity index (χ4v) is 3.61. The Morgan fingerprint density at radius 1 is 0.821 bits per heavy atom. The first-order valence-corrected chi connectivity index (χ1v) is 10.2. The molecule has 0 saturated heterocycles. The molecule has 0 aliphatic carbocycles. The molecule has 0 atom stereocenters. The summed E-state index contributed by atoms with van der Waals surface area (Å²) in [6, 6.07) is 21.6. The Morgan fingerprint density at radius 3 is 2.43 bits per heavy atom. The van der Waals surface area contributed by atoms with Gasteiger partial charge in [-0.15, -0.1) is 0 Å². The molecule has 140 valence electrons. The van der Waals surface area contributed by atoms with Gasteiger partial charge in [-0.1, -0.05) is 57.3 Å². The number of para-hydroxylation sites is 1. The number of anilines is 4. The molecule has 0 unspecified atom stereocenters. The highest BCUT2D eigenvalue weighted by Gasteiger charge is 2.09. The molecule has 2 N–H and O–H groups in total. The minimum Gasteiger partial charge on any atom is -0.355 e. The Bertz CT molecular complexity index is 1180. The number of halogens is 3. The average Bonchev–Trinajstić information content (AvgIpc) is 2.67. The highest BCUT2D eigenvalue weighted by molar-refractivity contribution is 9.10. The summed E-state index contributed by atoms with van der Waals surface area (Å²) in [4.78, 5) is 4.77. The normalized spacial score (nSPS) is 10.9. The van der Waals surface area contributed by atoms with Gasteiger partial charge in [0, 0.05) is 27.3 Å². The van der Waals surface area contributed by atoms with E-state index in [1.807, 2.05) is 54.6 Å². The second-order valence-electron chi connectivity index (χ2n) is 6.41. The van der Waals surface area contributed by atoms with E-state index in [-0.39, 0.29) is 0 Å². The van der Waals surface area contributed by atoms with Crippen molar-refractivity contribution >= 4 is 72.9 Å². The van der Waals surface area contributed by atoms with Crippen LogP contribution in [0.1, 0.15) is 5.56 Å². The molecule has 4 aromatic rings. The Morgan fingerprint density at radius 2 is 1.64 bits per heavy atom. The Labute approximate surface area is 181 Å². The van der Waals surface area contributed by atoms with Crippen molar-refractivity contribution in [3.63, 3.8) is 0 Å². The monoisotopic (exact) mass is 471 g/mol. The van der Waals surface area contributed by atoms with Crippen molar-refractivity contribution in [2.75, 3.05) is 10.6 Å². The second-order valence-corrected chi connectivity index (χ2v) is 8.14. The third-order valence-corrected chi connectivity index (χ3v) is 5.61. The quantitative estimate of drug-likeness (QED) is 0.315. The van der Waals surface area contributed by atoms with Crippen LogP contribution in [-0.2, 0) is 0 Å². The van der Waals surface area contributed by atoms with Gasteiger partial charge in [0.05, 0.1) is 21.2 Å². The predicted octanol–water partition coefficient (Wildman–Crippen LogP) is 8.10. The average molecular weight is 473 g/mol. The summed E-state index contributed by atoms with van der Waals surface area (Å²) < 4.78 is 0.985. The smallest absolute Gasteiger partial charge is 0.133 e.